The number of likely N-dealkylation sites (N-methyl/N-ethyl adjacent to an activating group) is 1. The number of benzene rings is 2. The van der Waals surface area contributed by atoms with Crippen LogP contribution in [0.15, 0.2) is 48.5 Å². The first-order valence-corrected chi connectivity index (χ1v) is 12.2. The summed E-state index contributed by atoms with van der Waals surface area (Å²) >= 11 is 0. The average Bonchev–Trinajstić information content (AvgIpc) is 3.20. The van der Waals surface area contributed by atoms with E-state index in [9.17, 15) is 15.3 Å². The fourth-order valence-corrected chi connectivity index (χ4v) is 4.95. The number of carbonyl (C=O) groups excluding carboxylic acids is 1. The van der Waals surface area contributed by atoms with E-state index in [2.05, 4.69) is 17.5 Å². The van der Waals surface area contributed by atoms with Crippen LogP contribution in [0.2, 0.25) is 0 Å². The molecule has 2 aliphatic rings. The largest absolute Gasteiger partial charge is 0.371 e. The smallest absolute Gasteiger partial charge is 0.252 e. The third-order valence-electron chi connectivity index (χ3n) is 6.63. The Morgan fingerprint density at radius 1 is 1.00 bits per heavy atom. The number of rotatable bonds is 8. The quantitative estimate of drug-likeness (QED) is 0.601. The van der Waals surface area contributed by atoms with E-state index in [1.54, 1.807) is 18.2 Å². The van der Waals surface area contributed by atoms with Gasteiger partial charge in [-0.25, -0.2) is 0 Å². The summed E-state index contributed by atoms with van der Waals surface area (Å²) in [5, 5.41) is 21.9. The second-order valence-electron chi connectivity index (χ2n) is 9.58. The molecule has 0 unspecified atom stereocenters. The number of ether oxygens (including phenoxy) is 4. The molecule has 1 amide bonds. The summed E-state index contributed by atoms with van der Waals surface area (Å²) < 4.78 is 25.1. The van der Waals surface area contributed by atoms with Gasteiger partial charge < -0.3 is 24.3 Å². The van der Waals surface area contributed by atoms with Gasteiger partial charge in [0.25, 0.3) is 5.91 Å². The zero-order valence-electron chi connectivity index (χ0n) is 20.8. The van der Waals surface area contributed by atoms with E-state index in [0.29, 0.717) is 23.2 Å². The number of nitrogens with one attached hydrogen (secondary N) is 1. The SMILES string of the molecule is CCNC(=O)[C@@]1(OCc2ccccc2C#N)C[C@H](OCc2ccccc2C#N)[C@@H]2OC(C)(C)O[C@@H]2C1. The number of amides is 1. The summed E-state index contributed by atoms with van der Waals surface area (Å²) in [6.07, 6.45) is -0.823. The number of carbonyl (C=O) groups is 1. The molecule has 1 saturated heterocycles. The van der Waals surface area contributed by atoms with E-state index < -0.39 is 29.7 Å². The van der Waals surface area contributed by atoms with Gasteiger partial charge in [-0.2, -0.15) is 10.5 Å². The van der Waals surface area contributed by atoms with Crippen LogP contribution in [0.1, 0.15) is 55.9 Å². The number of hydrogen-bond donors (Lipinski definition) is 1. The summed E-state index contributed by atoms with van der Waals surface area (Å²) in [6, 6.07) is 18.8. The maximum atomic E-state index is 13.5. The molecule has 0 radical (unpaired) electrons. The van der Waals surface area contributed by atoms with E-state index in [1.807, 2.05) is 51.1 Å². The number of hydrogen-bond acceptors (Lipinski definition) is 7. The second-order valence-corrected chi connectivity index (χ2v) is 9.58. The lowest BCUT2D eigenvalue weighted by Gasteiger charge is -2.43. The first-order valence-electron chi connectivity index (χ1n) is 12.2. The minimum Gasteiger partial charge on any atom is -0.371 e. The maximum Gasteiger partial charge on any atom is 0.252 e. The highest BCUT2D eigenvalue weighted by Gasteiger charge is 2.58. The molecule has 2 fully saturated rings. The van der Waals surface area contributed by atoms with Gasteiger partial charge in [-0.15, -0.1) is 0 Å². The van der Waals surface area contributed by atoms with Crippen molar-refractivity contribution in [1.82, 2.24) is 5.32 Å². The summed E-state index contributed by atoms with van der Waals surface area (Å²) in [5.41, 5.74) is 1.25. The van der Waals surface area contributed by atoms with E-state index in [-0.39, 0.29) is 32.0 Å². The van der Waals surface area contributed by atoms with Crippen LogP contribution in [0.3, 0.4) is 0 Å². The van der Waals surface area contributed by atoms with Gasteiger partial charge in [0.05, 0.1) is 48.7 Å². The van der Waals surface area contributed by atoms with E-state index in [4.69, 9.17) is 18.9 Å². The predicted molar refractivity (Wildman–Crippen MR) is 130 cm³/mol. The maximum absolute atomic E-state index is 13.5. The highest BCUT2D eigenvalue weighted by Crippen LogP contribution is 2.44. The number of nitriles is 2. The Labute approximate surface area is 211 Å². The molecule has 2 aromatic carbocycles. The van der Waals surface area contributed by atoms with Crippen molar-refractivity contribution in [2.45, 2.75) is 76.5 Å². The van der Waals surface area contributed by atoms with Crippen molar-refractivity contribution >= 4 is 5.91 Å². The van der Waals surface area contributed by atoms with Crippen molar-refractivity contribution in [3.8, 4) is 12.1 Å². The molecule has 8 nitrogen and oxygen atoms in total. The zero-order chi connectivity index (χ0) is 25.8. The van der Waals surface area contributed by atoms with Gasteiger partial charge in [0.15, 0.2) is 11.4 Å². The molecule has 0 spiro atoms. The summed E-state index contributed by atoms with van der Waals surface area (Å²) in [6.45, 7) is 6.25. The molecule has 188 valence electrons. The molecule has 2 aromatic rings. The molecule has 0 bridgehead atoms. The first-order chi connectivity index (χ1) is 17.3. The lowest BCUT2D eigenvalue weighted by Crippen LogP contribution is -2.60. The van der Waals surface area contributed by atoms with Gasteiger partial charge in [-0.05, 0) is 44.0 Å². The van der Waals surface area contributed by atoms with Gasteiger partial charge in [0.2, 0.25) is 0 Å². The van der Waals surface area contributed by atoms with Crippen LogP contribution in [0.5, 0.6) is 0 Å². The first kappa shape index (κ1) is 25.8. The van der Waals surface area contributed by atoms with Crippen molar-refractivity contribution in [1.29, 1.82) is 10.5 Å². The molecule has 36 heavy (non-hydrogen) atoms. The van der Waals surface area contributed by atoms with Gasteiger partial charge >= 0.3 is 0 Å². The van der Waals surface area contributed by atoms with Gasteiger partial charge in [0, 0.05) is 19.4 Å². The molecule has 1 N–H and O–H groups in total. The van der Waals surface area contributed by atoms with Gasteiger partial charge in [0.1, 0.15) is 6.10 Å². The summed E-state index contributed by atoms with van der Waals surface area (Å²) in [5.74, 6) is -1.09. The molecule has 4 atom stereocenters. The van der Waals surface area contributed by atoms with Crippen LogP contribution < -0.4 is 5.32 Å². The number of nitrogens with zero attached hydrogens (tertiary/aromatic N) is 2. The normalized spacial score (nSPS) is 26.4. The van der Waals surface area contributed by atoms with Gasteiger partial charge in [-0.3, -0.25) is 4.79 Å². The van der Waals surface area contributed by atoms with Crippen LogP contribution in [-0.2, 0) is 37.0 Å². The molecule has 8 heteroatoms. The van der Waals surface area contributed by atoms with Crippen LogP contribution in [0, 0.1) is 22.7 Å². The topological polar surface area (TPSA) is 114 Å². The molecular formula is C28H31N3O5. The van der Waals surface area contributed by atoms with Crippen molar-refractivity contribution in [2.24, 2.45) is 0 Å². The Hall–Kier alpha value is -3.27. The molecule has 1 heterocycles. The molecule has 0 aromatic heterocycles. The third-order valence-corrected chi connectivity index (χ3v) is 6.63. The van der Waals surface area contributed by atoms with Crippen molar-refractivity contribution < 1.29 is 23.7 Å². The minimum atomic E-state index is -1.25. The molecule has 1 aliphatic carbocycles. The molecular weight excluding hydrogens is 458 g/mol. The molecule has 1 aliphatic heterocycles. The van der Waals surface area contributed by atoms with Crippen molar-refractivity contribution in [3.63, 3.8) is 0 Å². The van der Waals surface area contributed by atoms with Crippen LogP contribution in [0.4, 0.5) is 0 Å². The van der Waals surface area contributed by atoms with E-state index in [1.165, 1.54) is 0 Å². The molecule has 1 saturated carbocycles. The Morgan fingerprint density at radius 2 is 1.61 bits per heavy atom. The lowest BCUT2D eigenvalue weighted by atomic mass is 9.78. The van der Waals surface area contributed by atoms with Crippen LogP contribution in [-0.4, -0.2) is 42.2 Å². The summed E-state index contributed by atoms with van der Waals surface area (Å²) in [4.78, 5) is 13.5. The highest BCUT2D eigenvalue weighted by molar-refractivity contribution is 5.85. The van der Waals surface area contributed by atoms with Crippen LogP contribution in [0.25, 0.3) is 0 Å². The fourth-order valence-electron chi connectivity index (χ4n) is 4.95. The van der Waals surface area contributed by atoms with Gasteiger partial charge in [-0.1, -0.05) is 36.4 Å². The highest BCUT2D eigenvalue weighted by atomic mass is 16.8. The Morgan fingerprint density at radius 3 is 2.22 bits per heavy atom. The monoisotopic (exact) mass is 489 g/mol. The van der Waals surface area contributed by atoms with E-state index in [0.717, 1.165) is 5.56 Å². The zero-order valence-corrected chi connectivity index (χ0v) is 20.8. The standard InChI is InChI=1S/C28H31N3O5/c1-4-31-26(32)28(34-18-22-12-8-6-10-20(22)16-30)13-23(25-24(14-28)35-27(2,3)36-25)33-17-21-11-7-5-9-19(21)15-29/h5-12,23-25H,4,13-14,17-18H2,1-3H3,(H,31,32)/t23-,24+,25-,28+/m0/s1. The summed E-state index contributed by atoms with van der Waals surface area (Å²) in [7, 11) is 0. The third kappa shape index (κ3) is 5.43. The van der Waals surface area contributed by atoms with Crippen LogP contribution >= 0.6 is 0 Å². The Balaban J connectivity index is 1.63. The average molecular weight is 490 g/mol. The van der Waals surface area contributed by atoms with Crippen molar-refractivity contribution in [3.05, 3.63) is 70.8 Å². The molecule has 4 rings (SSSR count). The predicted octanol–water partition coefficient (Wildman–Crippen LogP) is 3.72. The second kappa shape index (κ2) is 10.8. The number of fused-ring (bicyclic) bond motifs is 1. The van der Waals surface area contributed by atoms with Crippen molar-refractivity contribution in [2.75, 3.05) is 6.54 Å². The van der Waals surface area contributed by atoms with E-state index >= 15 is 0 Å². The Kier molecular flexibility index (Phi) is 7.73. The Bertz CT molecular complexity index is 1180. The minimum absolute atomic E-state index is 0.0898. The fraction of sp³-hybridized carbons (Fsp3) is 0.464. The lowest BCUT2D eigenvalue weighted by molar-refractivity contribution is -0.183.